The smallest absolute Gasteiger partial charge is 0.278 e. The fourth-order valence-electron chi connectivity index (χ4n) is 1.71. The average molecular weight is 419 g/mol. The van der Waals surface area contributed by atoms with Crippen LogP contribution in [0.4, 0.5) is 5.69 Å². The number of benzene rings is 1. The second-order valence-electron chi connectivity index (χ2n) is 8.36. The van der Waals surface area contributed by atoms with Gasteiger partial charge in [0.2, 0.25) is 0 Å². The molecule has 0 saturated carbocycles. The summed E-state index contributed by atoms with van der Waals surface area (Å²) >= 11 is 0. The van der Waals surface area contributed by atoms with Gasteiger partial charge in [-0.05, 0) is 53.8 Å². The maximum absolute atomic E-state index is 8.00. The fraction of sp³-hybridized carbons (Fsp3) is 0.458. The molecule has 0 aromatic heterocycles. The standard InChI is InChI=1S/C14H23N.C4H9N2.C4H7N.CH3N.CH2O/c1-13(2,3)10-7-11(14(4,5)6)9-12(15)8-10;1-5-4-6(2)3;1-3-4(2)5;2*1-2/h7-9H,15H2,1-6H3;4H,2H2,1,3H3;3,5H,1H2,2H3;2H,1H2;1H2/q;+1;;;. The van der Waals surface area contributed by atoms with Gasteiger partial charge in [0.1, 0.15) is 13.8 Å². The number of aliphatic imine (C=N–C) groups is 1. The Hall–Kier alpha value is -2.89. The van der Waals surface area contributed by atoms with Crippen LogP contribution in [0.5, 0.6) is 0 Å². The van der Waals surface area contributed by atoms with Gasteiger partial charge in [-0.1, -0.05) is 59.2 Å². The Balaban J connectivity index is -0.000000187. The van der Waals surface area contributed by atoms with Gasteiger partial charge in [0, 0.05) is 11.4 Å². The summed E-state index contributed by atoms with van der Waals surface area (Å²) in [5, 5.41) is 12.1. The van der Waals surface area contributed by atoms with Crippen molar-refractivity contribution in [2.24, 2.45) is 4.99 Å². The number of nitrogens with two attached hydrogens (primary N) is 1. The number of hydrogen-bond donors (Lipinski definition) is 3. The van der Waals surface area contributed by atoms with Crippen LogP contribution < -0.4 is 5.73 Å². The highest BCUT2D eigenvalue weighted by Crippen LogP contribution is 2.30. The normalized spacial score (nSPS) is 9.77. The van der Waals surface area contributed by atoms with E-state index in [1.54, 1.807) is 24.9 Å². The van der Waals surface area contributed by atoms with E-state index in [0.717, 1.165) is 5.69 Å². The number of rotatable bonds is 2. The van der Waals surface area contributed by atoms with Crippen molar-refractivity contribution in [2.75, 3.05) is 19.8 Å². The van der Waals surface area contributed by atoms with Crippen molar-refractivity contribution < 1.29 is 9.37 Å². The summed E-state index contributed by atoms with van der Waals surface area (Å²) in [6, 6.07) is 6.43. The minimum Gasteiger partial charge on any atom is -0.399 e. The Morgan fingerprint density at radius 2 is 1.33 bits per heavy atom. The van der Waals surface area contributed by atoms with E-state index in [0.29, 0.717) is 5.71 Å². The molecule has 0 aliphatic rings. The number of nitrogens with one attached hydrogen (secondary N) is 2. The number of anilines is 1. The molecule has 0 aliphatic carbocycles. The highest BCUT2D eigenvalue weighted by molar-refractivity contribution is 5.89. The summed E-state index contributed by atoms with van der Waals surface area (Å²) in [5.74, 6) is 0. The van der Waals surface area contributed by atoms with Crippen molar-refractivity contribution in [1.29, 1.82) is 10.8 Å². The lowest BCUT2D eigenvalue weighted by molar-refractivity contribution is -0.349. The predicted octanol–water partition coefficient (Wildman–Crippen LogP) is 5.14. The van der Waals surface area contributed by atoms with Crippen molar-refractivity contribution in [1.82, 2.24) is 0 Å². The maximum Gasteiger partial charge on any atom is 0.278 e. The van der Waals surface area contributed by atoms with Gasteiger partial charge in [0.05, 0.1) is 13.8 Å². The van der Waals surface area contributed by atoms with Crippen LogP contribution in [-0.4, -0.2) is 50.9 Å². The average Bonchev–Trinajstić information content (AvgIpc) is 2.64. The number of hydrogen-bond acceptors (Lipinski definition) is 5. The first-order valence-corrected chi connectivity index (χ1v) is 9.34. The Kier molecular flexibility index (Phi) is 20.9. The third-order valence-corrected chi connectivity index (χ3v) is 3.31. The molecule has 0 atom stereocenters. The highest BCUT2D eigenvalue weighted by Gasteiger charge is 2.19. The molecule has 1 aromatic carbocycles. The molecule has 170 valence electrons. The van der Waals surface area contributed by atoms with E-state index in [1.807, 2.05) is 13.8 Å². The van der Waals surface area contributed by atoms with Crippen LogP contribution in [-0.2, 0) is 15.6 Å². The van der Waals surface area contributed by atoms with Gasteiger partial charge in [0.25, 0.3) is 6.34 Å². The lowest BCUT2D eigenvalue weighted by Gasteiger charge is -2.25. The SMILES string of the molecule is C=CC(C)=N.C=N.C=O.C=[N+](C)C=NC.CC(C)(C)c1cc(N)cc(C(C)(C)C)c1. The number of allylic oxidation sites excluding steroid dienone is 1. The van der Waals surface area contributed by atoms with E-state index in [-0.39, 0.29) is 10.8 Å². The van der Waals surface area contributed by atoms with E-state index in [1.165, 1.54) is 17.2 Å². The van der Waals surface area contributed by atoms with Crippen LogP contribution in [0, 0.1) is 10.8 Å². The lowest BCUT2D eigenvalue weighted by atomic mass is 9.80. The molecule has 30 heavy (non-hydrogen) atoms. The number of nitrogens with zero attached hydrogens (tertiary/aromatic N) is 2. The first-order valence-electron chi connectivity index (χ1n) is 9.34. The Bertz CT molecular complexity index is 631. The Morgan fingerprint density at radius 3 is 1.47 bits per heavy atom. The summed E-state index contributed by atoms with van der Waals surface area (Å²) in [4.78, 5) is 11.7. The second kappa shape index (κ2) is 18.2. The van der Waals surface area contributed by atoms with Gasteiger partial charge in [-0.2, -0.15) is 0 Å². The molecule has 0 saturated heterocycles. The molecule has 6 heteroatoms. The summed E-state index contributed by atoms with van der Waals surface area (Å²) in [7, 11) is 3.54. The van der Waals surface area contributed by atoms with Crippen LogP contribution in [0.15, 0.2) is 35.8 Å². The highest BCUT2D eigenvalue weighted by atomic mass is 16.1. The zero-order chi connectivity index (χ0) is 25.1. The van der Waals surface area contributed by atoms with Gasteiger partial charge >= 0.3 is 0 Å². The fourth-order valence-corrected chi connectivity index (χ4v) is 1.71. The Labute approximate surface area is 184 Å². The molecule has 0 unspecified atom stereocenters. The molecule has 6 nitrogen and oxygen atoms in total. The van der Waals surface area contributed by atoms with E-state index >= 15 is 0 Å². The van der Waals surface area contributed by atoms with Crippen LogP contribution in [0.1, 0.15) is 59.6 Å². The Morgan fingerprint density at radius 1 is 1.03 bits per heavy atom. The molecule has 0 aliphatic heterocycles. The first-order chi connectivity index (χ1) is 13.6. The summed E-state index contributed by atoms with van der Waals surface area (Å²) in [5.41, 5.74) is 10.3. The minimum absolute atomic E-state index is 0.162. The third-order valence-electron chi connectivity index (χ3n) is 3.31. The summed E-state index contributed by atoms with van der Waals surface area (Å²) in [6.07, 6.45) is 3.14. The predicted molar refractivity (Wildman–Crippen MR) is 137 cm³/mol. The molecular weight excluding hydrogens is 374 g/mol. The molecule has 0 fully saturated rings. The van der Waals surface area contributed by atoms with Gasteiger partial charge in [-0.15, -0.1) is 0 Å². The van der Waals surface area contributed by atoms with Crippen LogP contribution in [0.2, 0.25) is 0 Å². The molecule has 4 N–H and O–H groups in total. The molecule has 0 heterocycles. The monoisotopic (exact) mass is 418 g/mol. The van der Waals surface area contributed by atoms with Gasteiger partial charge < -0.3 is 21.3 Å². The van der Waals surface area contributed by atoms with E-state index in [4.69, 9.17) is 21.3 Å². The van der Waals surface area contributed by atoms with Crippen molar-refractivity contribution in [3.63, 3.8) is 0 Å². The number of nitrogen functional groups attached to an aromatic ring is 1. The van der Waals surface area contributed by atoms with Crippen molar-refractivity contribution >= 4 is 38.0 Å². The summed E-state index contributed by atoms with van der Waals surface area (Å²) < 4.78 is 1.64. The van der Waals surface area contributed by atoms with Crippen LogP contribution in [0.25, 0.3) is 0 Å². The number of carbonyl (C=O) groups is 1. The molecule has 0 bridgehead atoms. The van der Waals surface area contributed by atoms with Gasteiger partial charge in [-0.3, -0.25) is 0 Å². The summed E-state index contributed by atoms with van der Waals surface area (Å²) in [6.45, 7) is 26.3. The molecule has 0 amide bonds. The number of carbonyl (C=O) groups excluding carboxylic acids is 1. The second-order valence-corrected chi connectivity index (χ2v) is 8.36. The van der Waals surface area contributed by atoms with E-state index < -0.39 is 0 Å². The molecule has 0 spiro atoms. The minimum atomic E-state index is 0.162. The van der Waals surface area contributed by atoms with Crippen molar-refractivity contribution in [3.8, 4) is 0 Å². The zero-order valence-electron chi connectivity index (χ0n) is 20.6. The van der Waals surface area contributed by atoms with Gasteiger partial charge in [-0.25, -0.2) is 4.58 Å². The van der Waals surface area contributed by atoms with Crippen LogP contribution >= 0.6 is 0 Å². The lowest BCUT2D eigenvalue weighted by Crippen LogP contribution is -2.16. The molecule has 1 aromatic rings. The molecule has 0 radical (unpaired) electrons. The zero-order valence-corrected chi connectivity index (χ0v) is 20.6. The molecular formula is C24H44N5O+. The van der Waals surface area contributed by atoms with E-state index in [2.05, 4.69) is 84.7 Å². The first kappa shape index (κ1) is 34.6. The van der Waals surface area contributed by atoms with Gasteiger partial charge in [0.15, 0.2) is 0 Å². The maximum atomic E-state index is 8.00. The van der Waals surface area contributed by atoms with E-state index in [9.17, 15) is 0 Å². The quantitative estimate of drug-likeness (QED) is 0.267. The largest absolute Gasteiger partial charge is 0.399 e. The van der Waals surface area contributed by atoms with Crippen molar-refractivity contribution in [2.45, 2.75) is 59.3 Å². The third kappa shape index (κ3) is 21.4. The van der Waals surface area contributed by atoms with Crippen LogP contribution in [0.3, 0.4) is 0 Å². The molecule has 1 rings (SSSR count). The van der Waals surface area contributed by atoms with Crippen molar-refractivity contribution in [3.05, 3.63) is 42.0 Å². The topological polar surface area (TPSA) is 106 Å².